The van der Waals surface area contributed by atoms with Crippen molar-refractivity contribution >= 4 is 8.80 Å². The Balaban J connectivity index is 2.67. The van der Waals surface area contributed by atoms with Crippen LogP contribution in [0.25, 0.3) is 0 Å². The maximum absolute atomic E-state index is 5.85. The van der Waals surface area contributed by atoms with Gasteiger partial charge in [-0.1, -0.05) is 24.3 Å². The number of benzene rings is 1. The van der Waals surface area contributed by atoms with Crippen LogP contribution in [0.4, 0.5) is 0 Å². The summed E-state index contributed by atoms with van der Waals surface area (Å²) in [5, 5.41) is 0. The lowest BCUT2D eigenvalue weighted by Crippen LogP contribution is -2.46. The molecular weight excluding hydrogens is 270 g/mol. The van der Waals surface area contributed by atoms with E-state index in [0.717, 1.165) is 18.0 Å². The Morgan fingerprint density at radius 3 is 1.70 bits per heavy atom. The van der Waals surface area contributed by atoms with Gasteiger partial charge in [0.1, 0.15) is 0 Å². The summed E-state index contributed by atoms with van der Waals surface area (Å²) < 4.78 is 17.6. The SMILES string of the molecule is CCO[Si](CCc1ccc(CN)cc1)(OCC)OCC. The van der Waals surface area contributed by atoms with Gasteiger partial charge in [-0.2, -0.15) is 0 Å². The smallest absolute Gasteiger partial charge is 0.374 e. The van der Waals surface area contributed by atoms with Gasteiger partial charge in [-0.25, -0.2) is 0 Å². The fraction of sp³-hybridized carbons (Fsp3) is 0.600. The Hall–Kier alpha value is -0.723. The zero-order chi connectivity index (χ0) is 14.8. The van der Waals surface area contributed by atoms with Gasteiger partial charge in [0.15, 0.2) is 0 Å². The van der Waals surface area contributed by atoms with Crippen molar-refractivity contribution in [3.8, 4) is 0 Å². The van der Waals surface area contributed by atoms with Crippen LogP contribution in [0.5, 0.6) is 0 Å². The number of hydrogen-bond acceptors (Lipinski definition) is 4. The molecule has 0 bridgehead atoms. The minimum atomic E-state index is -2.52. The van der Waals surface area contributed by atoms with Crippen LogP contribution in [0.3, 0.4) is 0 Å². The third-order valence-electron chi connectivity index (χ3n) is 3.07. The number of rotatable bonds is 10. The molecule has 114 valence electrons. The standard InChI is InChI=1S/C15H27NO3Si/c1-4-17-20(18-5-2,19-6-3)12-11-14-7-9-15(13-16)10-8-14/h7-10H,4-6,11-13,16H2,1-3H3. The van der Waals surface area contributed by atoms with Crippen LogP contribution in [-0.4, -0.2) is 28.6 Å². The molecule has 1 aromatic rings. The quantitative estimate of drug-likeness (QED) is 0.675. The maximum Gasteiger partial charge on any atom is 0.501 e. The lowest BCUT2D eigenvalue weighted by atomic mass is 10.1. The molecule has 0 unspecified atom stereocenters. The molecule has 0 radical (unpaired) electrons. The van der Waals surface area contributed by atoms with Crippen molar-refractivity contribution in [1.29, 1.82) is 0 Å². The molecule has 0 atom stereocenters. The first-order valence-electron chi connectivity index (χ1n) is 7.39. The van der Waals surface area contributed by atoms with E-state index in [9.17, 15) is 0 Å². The van der Waals surface area contributed by atoms with Gasteiger partial charge in [-0.05, 0) is 38.3 Å². The normalized spacial score (nSPS) is 11.8. The molecule has 1 rings (SSSR count). The molecule has 0 aromatic heterocycles. The molecule has 1 aromatic carbocycles. The Morgan fingerprint density at radius 2 is 1.30 bits per heavy atom. The molecule has 0 aliphatic heterocycles. The first kappa shape index (κ1) is 17.3. The van der Waals surface area contributed by atoms with Gasteiger partial charge >= 0.3 is 8.80 Å². The minimum absolute atomic E-state index is 0.579. The van der Waals surface area contributed by atoms with E-state index in [1.54, 1.807) is 0 Å². The van der Waals surface area contributed by atoms with E-state index in [2.05, 4.69) is 24.3 Å². The zero-order valence-electron chi connectivity index (χ0n) is 12.9. The van der Waals surface area contributed by atoms with Crippen LogP contribution < -0.4 is 5.73 Å². The summed E-state index contributed by atoms with van der Waals surface area (Å²) in [6, 6.07) is 9.18. The van der Waals surface area contributed by atoms with Crippen LogP contribution in [0.1, 0.15) is 31.9 Å². The van der Waals surface area contributed by atoms with Crippen LogP contribution in [0.2, 0.25) is 6.04 Å². The Labute approximate surface area is 123 Å². The van der Waals surface area contributed by atoms with Crippen molar-refractivity contribution in [2.24, 2.45) is 5.73 Å². The molecule has 4 nitrogen and oxygen atoms in total. The molecule has 0 fully saturated rings. The fourth-order valence-electron chi connectivity index (χ4n) is 2.14. The summed E-state index contributed by atoms with van der Waals surface area (Å²) in [6.45, 7) is 8.40. The van der Waals surface area contributed by atoms with E-state index < -0.39 is 8.80 Å². The largest absolute Gasteiger partial charge is 0.501 e. The predicted octanol–water partition coefficient (Wildman–Crippen LogP) is 2.74. The highest BCUT2D eigenvalue weighted by Gasteiger charge is 2.39. The van der Waals surface area contributed by atoms with Crippen molar-refractivity contribution < 1.29 is 13.3 Å². The zero-order valence-corrected chi connectivity index (χ0v) is 13.9. The average Bonchev–Trinajstić information content (AvgIpc) is 2.46. The summed E-state index contributed by atoms with van der Waals surface area (Å²) in [7, 11) is -2.52. The fourth-order valence-corrected chi connectivity index (χ4v) is 4.74. The molecule has 0 spiro atoms. The van der Waals surface area contributed by atoms with Gasteiger partial charge in [0.25, 0.3) is 0 Å². The Bertz CT molecular complexity index is 353. The van der Waals surface area contributed by atoms with Crippen LogP contribution >= 0.6 is 0 Å². The summed E-state index contributed by atoms with van der Waals surface area (Å²) in [5.74, 6) is 0. The molecule has 0 heterocycles. The second-order valence-electron chi connectivity index (χ2n) is 4.50. The summed E-state index contributed by atoms with van der Waals surface area (Å²) >= 11 is 0. The van der Waals surface area contributed by atoms with E-state index >= 15 is 0 Å². The number of nitrogens with two attached hydrogens (primary N) is 1. The Kier molecular flexibility index (Phi) is 8.02. The topological polar surface area (TPSA) is 53.7 Å². The molecule has 0 aliphatic rings. The van der Waals surface area contributed by atoms with E-state index in [0.29, 0.717) is 26.4 Å². The summed E-state index contributed by atoms with van der Waals surface area (Å²) in [5.41, 5.74) is 8.02. The third-order valence-corrected chi connectivity index (χ3v) is 6.12. The van der Waals surface area contributed by atoms with Crippen molar-refractivity contribution in [2.45, 2.75) is 39.8 Å². The molecule has 0 saturated carbocycles. The number of hydrogen-bond donors (Lipinski definition) is 1. The molecule has 2 N–H and O–H groups in total. The first-order chi connectivity index (χ1) is 9.69. The average molecular weight is 297 g/mol. The lowest BCUT2D eigenvalue weighted by Gasteiger charge is -2.28. The second kappa shape index (κ2) is 9.26. The lowest BCUT2D eigenvalue weighted by molar-refractivity contribution is 0.0714. The molecule has 20 heavy (non-hydrogen) atoms. The Morgan fingerprint density at radius 1 is 0.850 bits per heavy atom. The maximum atomic E-state index is 5.85. The van der Waals surface area contributed by atoms with Crippen LogP contribution in [0.15, 0.2) is 24.3 Å². The predicted molar refractivity (Wildman–Crippen MR) is 83.5 cm³/mol. The van der Waals surface area contributed by atoms with Crippen molar-refractivity contribution in [1.82, 2.24) is 0 Å². The monoisotopic (exact) mass is 297 g/mol. The van der Waals surface area contributed by atoms with Gasteiger partial charge in [-0.3, -0.25) is 0 Å². The highest BCUT2D eigenvalue weighted by Crippen LogP contribution is 2.19. The number of aryl methyl sites for hydroxylation is 1. The summed E-state index contributed by atoms with van der Waals surface area (Å²) in [4.78, 5) is 0. The summed E-state index contributed by atoms with van der Waals surface area (Å²) in [6.07, 6.45) is 0.900. The first-order valence-corrected chi connectivity index (χ1v) is 9.32. The van der Waals surface area contributed by atoms with Crippen molar-refractivity contribution in [3.05, 3.63) is 35.4 Å². The minimum Gasteiger partial charge on any atom is -0.374 e. The highest BCUT2D eigenvalue weighted by atomic mass is 28.4. The van der Waals surface area contributed by atoms with E-state index in [1.807, 2.05) is 20.8 Å². The highest BCUT2D eigenvalue weighted by molar-refractivity contribution is 6.60. The molecule has 0 amide bonds. The van der Waals surface area contributed by atoms with Gasteiger partial charge in [-0.15, -0.1) is 0 Å². The molecule has 5 heteroatoms. The van der Waals surface area contributed by atoms with Crippen LogP contribution in [-0.2, 0) is 26.2 Å². The van der Waals surface area contributed by atoms with Gasteiger partial charge in [0.05, 0.1) is 0 Å². The van der Waals surface area contributed by atoms with E-state index in [-0.39, 0.29) is 0 Å². The second-order valence-corrected chi connectivity index (χ2v) is 7.23. The molecular formula is C15H27NO3Si. The molecule has 0 saturated heterocycles. The van der Waals surface area contributed by atoms with E-state index in [1.165, 1.54) is 5.56 Å². The van der Waals surface area contributed by atoms with Gasteiger partial charge in [0.2, 0.25) is 0 Å². The van der Waals surface area contributed by atoms with Crippen LogP contribution in [0, 0.1) is 0 Å². The van der Waals surface area contributed by atoms with Crippen molar-refractivity contribution in [2.75, 3.05) is 19.8 Å². The van der Waals surface area contributed by atoms with Crippen molar-refractivity contribution in [3.63, 3.8) is 0 Å². The van der Waals surface area contributed by atoms with Gasteiger partial charge < -0.3 is 19.0 Å². The van der Waals surface area contributed by atoms with Gasteiger partial charge in [0, 0.05) is 32.4 Å². The molecule has 0 aliphatic carbocycles. The van der Waals surface area contributed by atoms with E-state index in [4.69, 9.17) is 19.0 Å². The third kappa shape index (κ3) is 5.34.